The van der Waals surface area contributed by atoms with Gasteiger partial charge in [0.2, 0.25) is 0 Å². The predicted molar refractivity (Wildman–Crippen MR) is 44.6 cm³/mol. The van der Waals surface area contributed by atoms with Crippen LogP contribution < -0.4 is 10.6 Å². The number of guanidine groups is 1. The molecule has 4 nitrogen and oxygen atoms in total. The fourth-order valence-electron chi connectivity index (χ4n) is 0.994. The molecule has 3 N–H and O–H groups in total. The van der Waals surface area contributed by atoms with Crippen molar-refractivity contribution in [3.63, 3.8) is 0 Å². The van der Waals surface area contributed by atoms with E-state index in [2.05, 4.69) is 15.6 Å². The number of hydrogen-bond acceptors (Lipinski definition) is 4. The summed E-state index contributed by atoms with van der Waals surface area (Å²) in [5.74, 6) is 0.867. The largest absolute Gasteiger partial charge is 0.396 e. The second kappa shape index (κ2) is 4.18. The maximum Gasteiger partial charge on any atom is 0.191 e. The molecule has 1 unspecified atom stereocenters. The van der Waals surface area contributed by atoms with Gasteiger partial charge in [0.25, 0.3) is 0 Å². The highest BCUT2D eigenvalue weighted by molar-refractivity contribution is 5.81. The van der Waals surface area contributed by atoms with Crippen LogP contribution in [0.2, 0.25) is 0 Å². The number of hydrogen-bond donors (Lipinski definition) is 3. The van der Waals surface area contributed by atoms with Crippen molar-refractivity contribution in [1.29, 1.82) is 0 Å². The van der Waals surface area contributed by atoms with Crippen molar-refractivity contribution in [3.05, 3.63) is 0 Å². The van der Waals surface area contributed by atoms with Crippen LogP contribution in [0, 0.1) is 0 Å². The highest BCUT2D eigenvalue weighted by Gasteiger charge is 2.07. The zero-order valence-corrected chi connectivity index (χ0v) is 6.80. The Balaban J connectivity index is 2.18. The molecule has 1 rings (SSSR count). The minimum absolute atomic E-state index is 0.224. The minimum atomic E-state index is 0.224. The Morgan fingerprint density at radius 1 is 1.82 bits per heavy atom. The van der Waals surface area contributed by atoms with Crippen molar-refractivity contribution in [1.82, 2.24) is 10.6 Å². The zero-order chi connectivity index (χ0) is 8.10. The second-order valence-corrected chi connectivity index (χ2v) is 2.71. The summed E-state index contributed by atoms with van der Waals surface area (Å²) >= 11 is 0. The first-order chi connectivity index (χ1) is 5.33. The van der Waals surface area contributed by atoms with E-state index in [1.165, 1.54) is 0 Å². The number of aliphatic imine (C=N–C) groups is 1. The smallest absolute Gasteiger partial charge is 0.191 e. The normalized spacial score (nSPS) is 18.9. The molecule has 4 heteroatoms. The number of rotatable bonds is 3. The molecule has 0 saturated heterocycles. The van der Waals surface area contributed by atoms with Crippen LogP contribution in [0.25, 0.3) is 0 Å². The average Bonchev–Trinajstić information content (AvgIpc) is 2.40. The third-order valence-corrected chi connectivity index (χ3v) is 1.62. The van der Waals surface area contributed by atoms with Crippen LogP contribution >= 0.6 is 0 Å². The first-order valence-electron chi connectivity index (χ1n) is 3.98. The van der Waals surface area contributed by atoms with Crippen LogP contribution in [-0.4, -0.2) is 36.8 Å². The quantitative estimate of drug-likeness (QED) is 0.508. The fourth-order valence-corrected chi connectivity index (χ4v) is 0.994. The third kappa shape index (κ3) is 2.76. The lowest BCUT2D eigenvalue weighted by atomic mass is 10.2. The van der Waals surface area contributed by atoms with Gasteiger partial charge in [-0.15, -0.1) is 0 Å². The Morgan fingerprint density at radius 2 is 2.64 bits per heavy atom. The maximum atomic E-state index is 8.61. The van der Waals surface area contributed by atoms with Crippen molar-refractivity contribution in [3.8, 4) is 0 Å². The van der Waals surface area contributed by atoms with E-state index in [4.69, 9.17) is 5.11 Å². The Bertz CT molecular complexity index is 147. The summed E-state index contributed by atoms with van der Waals surface area (Å²) in [6.45, 7) is 4.03. The van der Waals surface area contributed by atoms with Gasteiger partial charge in [-0.25, -0.2) is 0 Å². The molecule has 0 bridgehead atoms. The van der Waals surface area contributed by atoms with Crippen LogP contribution in [0.1, 0.15) is 13.3 Å². The summed E-state index contributed by atoms with van der Waals surface area (Å²) in [6.07, 6.45) is 0.765. The van der Waals surface area contributed by atoms with Crippen LogP contribution in [0.5, 0.6) is 0 Å². The standard InChI is InChI=1S/C7H15N3O/c1-6(2-5-11)10-7-8-3-4-9-7/h6,11H,2-5H2,1H3,(H2,8,9,10). The van der Waals surface area contributed by atoms with E-state index in [9.17, 15) is 0 Å². The third-order valence-electron chi connectivity index (χ3n) is 1.62. The van der Waals surface area contributed by atoms with Crippen LogP contribution in [0.15, 0.2) is 4.99 Å². The molecule has 0 aromatic rings. The Morgan fingerprint density at radius 3 is 3.18 bits per heavy atom. The van der Waals surface area contributed by atoms with Gasteiger partial charge in [0.1, 0.15) is 0 Å². The van der Waals surface area contributed by atoms with Gasteiger partial charge in [-0.2, -0.15) is 0 Å². The van der Waals surface area contributed by atoms with E-state index < -0.39 is 0 Å². The molecule has 11 heavy (non-hydrogen) atoms. The minimum Gasteiger partial charge on any atom is -0.396 e. The monoisotopic (exact) mass is 157 g/mol. The van der Waals surface area contributed by atoms with E-state index in [0.29, 0.717) is 6.04 Å². The van der Waals surface area contributed by atoms with Crippen molar-refractivity contribution in [2.24, 2.45) is 4.99 Å². The molecular weight excluding hydrogens is 142 g/mol. The molecule has 1 aliphatic heterocycles. The predicted octanol–water partition coefficient (Wildman–Crippen LogP) is -0.694. The Labute approximate surface area is 66.7 Å². The molecular formula is C7H15N3O. The number of nitrogens with one attached hydrogen (secondary N) is 2. The van der Waals surface area contributed by atoms with Gasteiger partial charge in [0.05, 0.1) is 6.54 Å². The van der Waals surface area contributed by atoms with Crippen molar-refractivity contribution in [2.75, 3.05) is 19.7 Å². The van der Waals surface area contributed by atoms with Crippen molar-refractivity contribution in [2.45, 2.75) is 19.4 Å². The molecule has 0 aliphatic carbocycles. The lowest BCUT2D eigenvalue weighted by Gasteiger charge is -2.13. The van der Waals surface area contributed by atoms with Crippen LogP contribution in [0.4, 0.5) is 0 Å². The zero-order valence-electron chi connectivity index (χ0n) is 6.80. The molecule has 0 saturated carbocycles. The van der Waals surface area contributed by atoms with Gasteiger partial charge in [0.15, 0.2) is 5.96 Å². The average molecular weight is 157 g/mol. The number of aliphatic hydroxyl groups is 1. The molecule has 0 fully saturated rings. The molecule has 0 aromatic heterocycles. The molecule has 1 heterocycles. The van der Waals surface area contributed by atoms with Gasteiger partial charge in [0, 0.05) is 19.2 Å². The van der Waals surface area contributed by atoms with Crippen LogP contribution in [-0.2, 0) is 0 Å². The summed E-state index contributed by atoms with van der Waals surface area (Å²) in [7, 11) is 0. The molecule has 64 valence electrons. The first-order valence-corrected chi connectivity index (χ1v) is 3.98. The van der Waals surface area contributed by atoms with Crippen LogP contribution in [0.3, 0.4) is 0 Å². The van der Waals surface area contributed by atoms with Gasteiger partial charge >= 0.3 is 0 Å². The lowest BCUT2D eigenvalue weighted by Crippen LogP contribution is -2.39. The molecule has 0 radical (unpaired) electrons. The molecule has 0 amide bonds. The fraction of sp³-hybridized carbons (Fsp3) is 0.857. The SMILES string of the molecule is CC(CCO)NC1=NCCN1. The number of aliphatic hydroxyl groups excluding tert-OH is 1. The molecule has 1 atom stereocenters. The van der Waals surface area contributed by atoms with E-state index in [0.717, 1.165) is 25.5 Å². The van der Waals surface area contributed by atoms with Gasteiger partial charge in [-0.05, 0) is 13.3 Å². The lowest BCUT2D eigenvalue weighted by molar-refractivity contribution is 0.275. The van der Waals surface area contributed by atoms with Gasteiger partial charge in [-0.1, -0.05) is 0 Å². The highest BCUT2D eigenvalue weighted by Crippen LogP contribution is 1.90. The van der Waals surface area contributed by atoms with E-state index >= 15 is 0 Å². The van der Waals surface area contributed by atoms with Gasteiger partial charge < -0.3 is 15.7 Å². The number of nitrogens with zero attached hydrogens (tertiary/aromatic N) is 1. The molecule has 0 spiro atoms. The molecule has 1 aliphatic rings. The summed E-state index contributed by atoms with van der Waals surface area (Å²) in [5.41, 5.74) is 0. The first kappa shape index (κ1) is 8.33. The topological polar surface area (TPSA) is 56.6 Å². The van der Waals surface area contributed by atoms with E-state index in [1.54, 1.807) is 0 Å². The van der Waals surface area contributed by atoms with Gasteiger partial charge in [-0.3, -0.25) is 4.99 Å². The van der Waals surface area contributed by atoms with Crippen molar-refractivity contribution < 1.29 is 5.11 Å². The summed E-state index contributed by atoms with van der Waals surface area (Å²) in [4.78, 5) is 4.17. The summed E-state index contributed by atoms with van der Waals surface area (Å²) in [5, 5.41) is 14.9. The summed E-state index contributed by atoms with van der Waals surface area (Å²) in [6, 6.07) is 0.296. The maximum absolute atomic E-state index is 8.61. The highest BCUT2D eigenvalue weighted by atomic mass is 16.3. The second-order valence-electron chi connectivity index (χ2n) is 2.71. The Hall–Kier alpha value is -0.770. The molecule has 0 aromatic carbocycles. The Kier molecular flexibility index (Phi) is 3.16. The van der Waals surface area contributed by atoms with Crippen molar-refractivity contribution >= 4 is 5.96 Å². The summed E-state index contributed by atoms with van der Waals surface area (Å²) < 4.78 is 0. The van der Waals surface area contributed by atoms with E-state index in [-0.39, 0.29) is 6.61 Å². The van der Waals surface area contributed by atoms with E-state index in [1.807, 2.05) is 6.92 Å².